The molecule has 0 radical (unpaired) electrons. The fraction of sp³-hybridized carbons (Fsp3) is 0.400. The molecule has 0 N–H and O–H groups in total. The van der Waals surface area contributed by atoms with Gasteiger partial charge in [-0.1, -0.05) is 5.21 Å². The SMILES string of the molecule is CC(C)(C)n1nnc2cnccc2c1=O. The molecule has 5 heteroatoms. The fourth-order valence-electron chi connectivity index (χ4n) is 1.33. The van der Waals surface area contributed by atoms with Crippen LogP contribution in [-0.2, 0) is 5.54 Å². The number of pyridine rings is 1. The van der Waals surface area contributed by atoms with Gasteiger partial charge in [0.05, 0.1) is 17.1 Å². The van der Waals surface area contributed by atoms with Gasteiger partial charge in [-0.05, 0) is 26.8 Å². The maximum absolute atomic E-state index is 12.0. The van der Waals surface area contributed by atoms with Crippen molar-refractivity contribution in [2.75, 3.05) is 0 Å². The van der Waals surface area contributed by atoms with Gasteiger partial charge in [-0.3, -0.25) is 9.78 Å². The van der Waals surface area contributed by atoms with E-state index in [1.54, 1.807) is 12.3 Å². The molecule has 0 aliphatic heterocycles. The molecule has 5 nitrogen and oxygen atoms in total. The number of nitrogens with zero attached hydrogens (tertiary/aromatic N) is 4. The summed E-state index contributed by atoms with van der Waals surface area (Å²) in [5.41, 5.74) is 0.0413. The third-order valence-corrected chi connectivity index (χ3v) is 2.10. The Morgan fingerprint density at radius 3 is 2.73 bits per heavy atom. The first-order chi connectivity index (χ1) is 7.00. The van der Waals surface area contributed by atoms with Crippen molar-refractivity contribution >= 4 is 10.9 Å². The Hall–Kier alpha value is -1.78. The molecular weight excluding hydrogens is 192 g/mol. The Bertz CT molecular complexity index is 553. The van der Waals surface area contributed by atoms with Gasteiger partial charge in [0.1, 0.15) is 5.52 Å². The van der Waals surface area contributed by atoms with E-state index < -0.39 is 0 Å². The fourth-order valence-corrected chi connectivity index (χ4v) is 1.33. The molecule has 15 heavy (non-hydrogen) atoms. The summed E-state index contributed by atoms with van der Waals surface area (Å²) in [6.45, 7) is 5.74. The molecule has 0 aliphatic carbocycles. The summed E-state index contributed by atoms with van der Waals surface area (Å²) in [6.07, 6.45) is 3.12. The first-order valence-electron chi connectivity index (χ1n) is 4.70. The van der Waals surface area contributed by atoms with Gasteiger partial charge in [-0.15, -0.1) is 5.10 Å². The molecule has 0 aliphatic rings. The van der Waals surface area contributed by atoms with E-state index in [0.717, 1.165) is 0 Å². The molecule has 0 saturated carbocycles. The van der Waals surface area contributed by atoms with Crippen LogP contribution < -0.4 is 5.56 Å². The van der Waals surface area contributed by atoms with Crippen molar-refractivity contribution in [3.8, 4) is 0 Å². The Kier molecular flexibility index (Phi) is 2.03. The van der Waals surface area contributed by atoms with E-state index >= 15 is 0 Å². The van der Waals surface area contributed by atoms with E-state index in [4.69, 9.17) is 0 Å². The van der Waals surface area contributed by atoms with Crippen LogP contribution >= 0.6 is 0 Å². The van der Waals surface area contributed by atoms with Crippen LogP contribution in [-0.4, -0.2) is 20.0 Å². The van der Waals surface area contributed by atoms with Gasteiger partial charge < -0.3 is 0 Å². The third-order valence-electron chi connectivity index (χ3n) is 2.10. The normalized spacial score (nSPS) is 11.9. The quantitative estimate of drug-likeness (QED) is 0.640. The Labute approximate surface area is 86.8 Å². The number of rotatable bonds is 0. The van der Waals surface area contributed by atoms with Gasteiger partial charge in [0, 0.05) is 6.20 Å². The van der Waals surface area contributed by atoms with E-state index in [1.807, 2.05) is 20.8 Å². The second-order valence-electron chi connectivity index (χ2n) is 4.37. The van der Waals surface area contributed by atoms with Gasteiger partial charge in [0.25, 0.3) is 5.56 Å². The Morgan fingerprint density at radius 2 is 2.07 bits per heavy atom. The number of fused-ring (bicyclic) bond motifs is 1. The van der Waals surface area contributed by atoms with E-state index in [9.17, 15) is 4.79 Å². The molecule has 0 fully saturated rings. The predicted octanol–water partition coefficient (Wildman–Crippen LogP) is 0.941. The molecule has 0 unspecified atom stereocenters. The lowest BCUT2D eigenvalue weighted by Gasteiger charge is -2.19. The van der Waals surface area contributed by atoms with Crippen LogP contribution in [0, 0.1) is 0 Å². The Balaban J connectivity index is 2.83. The van der Waals surface area contributed by atoms with Crippen LogP contribution in [0.4, 0.5) is 0 Å². The second-order valence-corrected chi connectivity index (χ2v) is 4.37. The van der Waals surface area contributed by atoms with Gasteiger partial charge in [-0.25, -0.2) is 4.68 Å². The minimum atomic E-state index is -0.360. The molecule has 2 aromatic heterocycles. The third kappa shape index (κ3) is 1.60. The molecule has 0 atom stereocenters. The molecule has 0 amide bonds. The molecule has 0 bridgehead atoms. The summed E-state index contributed by atoms with van der Waals surface area (Å²) in [5, 5.41) is 8.40. The zero-order valence-corrected chi connectivity index (χ0v) is 8.93. The number of hydrogen-bond acceptors (Lipinski definition) is 4. The lowest BCUT2D eigenvalue weighted by atomic mass is 10.1. The van der Waals surface area contributed by atoms with E-state index in [1.165, 1.54) is 10.9 Å². The van der Waals surface area contributed by atoms with Crippen molar-refractivity contribution in [1.82, 2.24) is 20.0 Å². The average Bonchev–Trinajstić information content (AvgIpc) is 2.16. The van der Waals surface area contributed by atoms with Crippen LogP contribution in [0.3, 0.4) is 0 Å². The topological polar surface area (TPSA) is 60.7 Å². The highest BCUT2D eigenvalue weighted by atomic mass is 16.1. The monoisotopic (exact) mass is 204 g/mol. The minimum Gasteiger partial charge on any atom is -0.267 e. The minimum absolute atomic E-state index is 0.130. The van der Waals surface area contributed by atoms with Crippen molar-refractivity contribution in [2.45, 2.75) is 26.3 Å². The summed E-state index contributed by atoms with van der Waals surface area (Å²) >= 11 is 0. The first-order valence-corrected chi connectivity index (χ1v) is 4.70. The molecule has 2 aromatic rings. The summed E-state index contributed by atoms with van der Waals surface area (Å²) in [7, 11) is 0. The summed E-state index contributed by atoms with van der Waals surface area (Å²) in [4.78, 5) is 15.9. The molecule has 0 aromatic carbocycles. The lowest BCUT2D eigenvalue weighted by molar-refractivity contribution is 0.327. The number of aromatic nitrogens is 4. The van der Waals surface area contributed by atoms with E-state index in [0.29, 0.717) is 10.9 Å². The average molecular weight is 204 g/mol. The largest absolute Gasteiger partial charge is 0.278 e. The maximum Gasteiger partial charge on any atom is 0.278 e. The highest BCUT2D eigenvalue weighted by molar-refractivity contribution is 5.75. The number of hydrogen-bond donors (Lipinski definition) is 0. The van der Waals surface area contributed by atoms with Crippen LogP contribution in [0.5, 0.6) is 0 Å². The second kappa shape index (κ2) is 3.12. The van der Waals surface area contributed by atoms with Crippen molar-refractivity contribution < 1.29 is 0 Å². The van der Waals surface area contributed by atoms with Gasteiger partial charge in [0.15, 0.2) is 0 Å². The maximum atomic E-state index is 12.0. The van der Waals surface area contributed by atoms with Crippen LogP contribution in [0.15, 0.2) is 23.3 Å². The van der Waals surface area contributed by atoms with E-state index in [-0.39, 0.29) is 11.1 Å². The zero-order valence-electron chi connectivity index (χ0n) is 8.93. The van der Waals surface area contributed by atoms with Crippen LogP contribution in [0.1, 0.15) is 20.8 Å². The highest BCUT2D eigenvalue weighted by Crippen LogP contribution is 2.10. The van der Waals surface area contributed by atoms with E-state index in [2.05, 4.69) is 15.3 Å². The lowest BCUT2D eigenvalue weighted by Crippen LogP contribution is -2.36. The van der Waals surface area contributed by atoms with Gasteiger partial charge in [-0.2, -0.15) is 0 Å². The predicted molar refractivity (Wildman–Crippen MR) is 56.6 cm³/mol. The van der Waals surface area contributed by atoms with Crippen LogP contribution in [0.2, 0.25) is 0 Å². The summed E-state index contributed by atoms with van der Waals surface area (Å²) < 4.78 is 1.38. The van der Waals surface area contributed by atoms with Gasteiger partial charge >= 0.3 is 0 Å². The molecular formula is C10H12N4O. The standard InChI is InChI=1S/C10H12N4O/c1-10(2,3)14-9(15)7-4-5-11-6-8(7)12-13-14/h4-6H,1-3H3. The van der Waals surface area contributed by atoms with Crippen molar-refractivity contribution in [1.29, 1.82) is 0 Å². The zero-order chi connectivity index (χ0) is 11.1. The first kappa shape index (κ1) is 9.76. The summed E-state index contributed by atoms with van der Waals surface area (Å²) in [5.74, 6) is 0. The molecule has 2 heterocycles. The molecule has 78 valence electrons. The van der Waals surface area contributed by atoms with Crippen LogP contribution in [0.25, 0.3) is 10.9 Å². The molecule has 0 saturated heterocycles. The highest BCUT2D eigenvalue weighted by Gasteiger charge is 2.17. The van der Waals surface area contributed by atoms with Crippen molar-refractivity contribution in [2.24, 2.45) is 0 Å². The van der Waals surface area contributed by atoms with Gasteiger partial charge in [0.2, 0.25) is 0 Å². The Morgan fingerprint density at radius 1 is 1.33 bits per heavy atom. The smallest absolute Gasteiger partial charge is 0.267 e. The van der Waals surface area contributed by atoms with Crippen molar-refractivity contribution in [3.05, 3.63) is 28.8 Å². The molecule has 2 rings (SSSR count). The molecule has 0 spiro atoms. The summed E-state index contributed by atoms with van der Waals surface area (Å²) in [6, 6.07) is 1.66. The van der Waals surface area contributed by atoms with Crippen molar-refractivity contribution in [3.63, 3.8) is 0 Å².